The summed E-state index contributed by atoms with van der Waals surface area (Å²) in [5.41, 5.74) is 0. The van der Waals surface area contributed by atoms with Gasteiger partial charge in [-0.05, 0) is 0 Å². The fourth-order valence-corrected chi connectivity index (χ4v) is 17.5. The van der Waals surface area contributed by atoms with Crippen LogP contribution in [0.25, 0.3) is 0 Å². The van der Waals surface area contributed by atoms with E-state index >= 15 is 0 Å². The van der Waals surface area contributed by atoms with Crippen LogP contribution in [0.4, 0.5) is 0 Å². The number of hydrogen-bond acceptors (Lipinski definition) is 55. The Labute approximate surface area is 779 Å². The number of aliphatic carboxylic acids is 2. The van der Waals surface area contributed by atoms with Gasteiger partial charge in [0.2, 0.25) is 29.5 Å². The van der Waals surface area contributed by atoms with E-state index in [9.17, 15) is 192 Å². The van der Waals surface area contributed by atoms with Gasteiger partial charge in [-0.25, -0.2) is 9.59 Å². The largest absolute Gasteiger partial charge is 0.477 e. The van der Waals surface area contributed by atoms with Crippen LogP contribution in [0.1, 0.15) is 47.5 Å². The zero-order valence-corrected chi connectivity index (χ0v) is 73.8. The van der Waals surface area contributed by atoms with Crippen molar-refractivity contribution in [2.45, 2.75) is 365 Å². The Bertz CT molecular complexity index is 3930. The molecule has 10 aliphatic heterocycles. The minimum absolute atomic E-state index is 0.852. The van der Waals surface area contributed by atoms with Crippen molar-refractivity contribution in [1.82, 2.24) is 26.6 Å². The second kappa shape index (κ2) is 49.0. The monoisotopic (exact) mass is 2020 g/mol. The Hall–Kier alpha value is -5.63. The molecule has 0 aromatic carbocycles. The summed E-state index contributed by atoms with van der Waals surface area (Å²) in [6.07, 6.45) is -103. The summed E-state index contributed by atoms with van der Waals surface area (Å²) in [5.74, 6) is -15.0. The van der Waals surface area contributed by atoms with Gasteiger partial charge < -0.3 is 275 Å². The molecular formula is C76H125N5O57. The highest BCUT2D eigenvalue weighted by Crippen LogP contribution is 2.43. The average molecular weight is 2020 g/mol. The Balaban J connectivity index is 0.908. The minimum atomic E-state index is -3.11. The normalized spacial score (nSPS) is 46.2. The van der Waals surface area contributed by atoms with Gasteiger partial charge in [-0.3, -0.25) is 24.0 Å². The Kier molecular flexibility index (Phi) is 40.6. The van der Waals surface area contributed by atoms with E-state index in [0.717, 1.165) is 34.6 Å². The van der Waals surface area contributed by atoms with Gasteiger partial charge in [-0.15, -0.1) is 0 Å². The third kappa shape index (κ3) is 25.4. The molecule has 138 heavy (non-hydrogen) atoms. The van der Waals surface area contributed by atoms with Crippen molar-refractivity contribution >= 4 is 41.5 Å². The lowest BCUT2D eigenvalue weighted by atomic mass is 9.88. The van der Waals surface area contributed by atoms with Gasteiger partial charge in [-0.1, -0.05) is 0 Å². The van der Waals surface area contributed by atoms with Crippen LogP contribution in [0.2, 0.25) is 0 Å². The van der Waals surface area contributed by atoms with E-state index < -0.39 is 438 Å². The summed E-state index contributed by atoms with van der Waals surface area (Å²) in [7, 11) is 0. The first kappa shape index (κ1) is 114. The molecule has 10 rings (SSSR count). The zero-order valence-electron chi connectivity index (χ0n) is 73.8. The third-order valence-electron chi connectivity index (χ3n) is 24.8. The number of carbonyl (C=O) groups is 7. The topological polar surface area (TPSA) is 982 Å². The number of carbonyl (C=O) groups excluding carboxylic acids is 5. The molecule has 0 aromatic heterocycles. The number of carboxylic acids is 2. The number of rotatable bonds is 39. The first-order chi connectivity index (χ1) is 64.9. The number of hydrogen-bond donors (Lipinski definition) is 36. The molecule has 0 saturated carbocycles. The summed E-state index contributed by atoms with van der Waals surface area (Å²) >= 11 is 0. The van der Waals surface area contributed by atoms with E-state index in [1.54, 1.807) is 0 Å². The van der Waals surface area contributed by atoms with Crippen LogP contribution in [0.5, 0.6) is 0 Å². The number of aliphatic hydroxyl groups is 29. The van der Waals surface area contributed by atoms with E-state index in [1.807, 2.05) is 0 Å². The molecule has 0 bridgehead atoms. The van der Waals surface area contributed by atoms with Crippen LogP contribution < -0.4 is 26.6 Å². The summed E-state index contributed by atoms with van der Waals surface area (Å²) in [5, 5.41) is 357. The van der Waals surface area contributed by atoms with Gasteiger partial charge in [0.15, 0.2) is 50.3 Å². The standard InChI is InChI=1S/C76H125N5O57/c1-18(89)77-35-23(94)6-75(73(116)117,137-60(35)40(98)25(96)8-82)121-16-33-44(102)50(108)54(112)68(129-33)131-58-30(13-87)126-66(38(48(58)106)80-21(4)92)135-63-52(110)42(100)27(10-84)124-71(63)120-15-32-46(104)62(56(114)70(128-32)133-57-29(12-86)123-65(115)37(47(57)105)79-20(3)91)134-72-64(53(111)43(101)28(11-85)125-72)136-67-39(81-22(5)93)49(107)59(31(14-88)127-67)132-69-55(113)51(109)45(103)34(130-69)17-122-76(74(118)119)7-24(95)36(78-19(2)90)61(138-76)41(99)26(97)9-83/h23-72,82-88,94-115H,6-17H2,1-5H3,(H,77,89)(H,78,90)(H,79,91)(H,80,92)(H,81,93)(H,116,117)(H,118,119). The van der Waals surface area contributed by atoms with Crippen LogP contribution >= 0.6 is 0 Å². The molecule has 0 radical (unpaired) electrons. The van der Waals surface area contributed by atoms with Gasteiger partial charge in [-0.2, -0.15) is 0 Å². The molecule has 796 valence electrons. The first-order valence-electron chi connectivity index (χ1n) is 43.4. The minimum Gasteiger partial charge on any atom is -0.477 e. The van der Waals surface area contributed by atoms with E-state index in [-0.39, 0.29) is 0 Å². The Morgan fingerprint density at radius 3 is 0.942 bits per heavy atom. The van der Waals surface area contributed by atoms with Crippen molar-refractivity contribution < 1.29 is 282 Å². The van der Waals surface area contributed by atoms with Crippen LogP contribution in [0.3, 0.4) is 0 Å². The summed E-state index contributed by atoms with van der Waals surface area (Å²) < 4.78 is 112. The molecule has 62 nitrogen and oxygen atoms in total. The second-order valence-corrected chi connectivity index (χ2v) is 34.6. The number of amides is 5. The van der Waals surface area contributed by atoms with Gasteiger partial charge in [0.1, 0.15) is 232 Å². The maximum atomic E-state index is 13.2. The van der Waals surface area contributed by atoms with Gasteiger partial charge in [0.25, 0.3) is 11.6 Å². The SMILES string of the molecule is CC(=O)NC1C(O)OC(CO)C(OC2OC(COC3OC(CO)C(O)C(O)C3OC3OC(CO)C(OC4OC(COC5(C(=O)O)CC(O)C(NC(C)=O)C(C(O)C(O)CO)O5)C(O)C(O)C4O)C(O)C3NC(C)=O)C(O)C(OC3OC(CO)C(O)C(O)C3OC3OC(CO)C(OC4OC(COC5(C(=O)O)CC(O)C(NC(C)=O)C(C(O)C(O)CO)O5)C(O)C(O)C4O)C(O)C3NC(C)=O)C2O)C1O. The molecule has 0 spiro atoms. The van der Waals surface area contributed by atoms with Crippen molar-refractivity contribution in [2.75, 3.05) is 66.1 Å². The Morgan fingerprint density at radius 2 is 0.587 bits per heavy atom. The van der Waals surface area contributed by atoms with Crippen LogP contribution in [0.15, 0.2) is 0 Å². The molecule has 0 aromatic rings. The molecule has 5 amide bonds. The molecule has 10 saturated heterocycles. The van der Waals surface area contributed by atoms with Crippen molar-refractivity contribution in [3.05, 3.63) is 0 Å². The van der Waals surface area contributed by atoms with Gasteiger partial charge >= 0.3 is 11.9 Å². The maximum Gasteiger partial charge on any atom is 0.364 e. The quantitative estimate of drug-likeness (QED) is 0.0272. The van der Waals surface area contributed by atoms with Gasteiger partial charge in [0.05, 0.1) is 90.4 Å². The lowest BCUT2D eigenvalue weighted by Gasteiger charge is -2.51. The fourth-order valence-electron chi connectivity index (χ4n) is 17.5. The molecule has 10 aliphatic rings. The molecule has 0 aliphatic carbocycles. The van der Waals surface area contributed by atoms with E-state index in [2.05, 4.69) is 26.6 Å². The number of aliphatic hydroxyl groups excluding tert-OH is 29. The highest BCUT2D eigenvalue weighted by molar-refractivity contribution is 5.78. The van der Waals surface area contributed by atoms with Crippen molar-refractivity contribution in [3.8, 4) is 0 Å². The molecule has 10 heterocycles. The number of carboxylic acid groups (broad SMARTS) is 2. The van der Waals surface area contributed by atoms with E-state index in [0.29, 0.717) is 0 Å². The third-order valence-corrected chi connectivity index (χ3v) is 24.8. The highest BCUT2D eigenvalue weighted by atomic mass is 16.8. The van der Waals surface area contributed by atoms with Gasteiger partial charge in [0, 0.05) is 47.5 Å². The smallest absolute Gasteiger partial charge is 0.364 e. The van der Waals surface area contributed by atoms with E-state index in [1.165, 1.54) is 0 Å². The summed E-state index contributed by atoms with van der Waals surface area (Å²) in [4.78, 5) is 89.1. The average Bonchev–Trinajstić information content (AvgIpc) is 0.766. The first-order valence-corrected chi connectivity index (χ1v) is 43.4. The lowest BCUT2D eigenvalue weighted by molar-refractivity contribution is -0.398. The predicted molar refractivity (Wildman–Crippen MR) is 422 cm³/mol. The fraction of sp³-hybridized carbons (Fsp3) is 0.908. The van der Waals surface area contributed by atoms with Crippen molar-refractivity contribution in [2.24, 2.45) is 0 Å². The van der Waals surface area contributed by atoms with Crippen molar-refractivity contribution in [3.63, 3.8) is 0 Å². The number of ether oxygens (including phenoxy) is 19. The lowest BCUT2D eigenvalue weighted by Crippen LogP contribution is -2.70. The zero-order chi connectivity index (χ0) is 102. The summed E-state index contributed by atoms with van der Waals surface area (Å²) in [6, 6.07) is -9.40. The molecule has 62 heteroatoms. The van der Waals surface area contributed by atoms with E-state index in [4.69, 9.17) is 90.0 Å². The van der Waals surface area contributed by atoms with Crippen LogP contribution in [-0.4, -0.2) is 584 Å². The highest BCUT2D eigenvalue weighted by Gasteiger charge is 2.64. The molecule has 52 unspecified atom stereocenters. The van der Waals surface area contributed by atoms with Crippen LogP contribution in [0, 0.1) is 0 Å². The molecule has 10 fully saturated rings. The van der Waals surface area contributed by atoms with Crippen LogP contribution in [-0.2, 0) is 124 Å². The Morgan fingerprint density at radius 1 is 0.297 bits per heavy atom. The second-order valence-electron chi connectivity index (χ2n) is 34.6. The molecule has 52 atom stereocenters. The molecular weight excluding hydrogens is 1890 g/mol. The van der Waals surface area contributed by atoms with Crippen molar-refractivity contribution in [1.29, 1.82) is 0 Å². The number of nitrogens with one attached hydrogen (secondary N) is 5. The predicted octanol–water partition coefficient (Wildman–Crippen LogP) is -23.7. The molecule has 36 N–H and O–H groups in total. The summed E-state index contributed by atoms with van der Waals surface area (Å²) in [6.45, 7) is -7.65. The maximum absolute atomic E-state index is 13.2.